The summed E-state index contributed by atoms with van der Waals surface area (Å²) in [4.78, 5) is 11.5. The van der Waals surface area contributed by atoms with Crippen LogP contribution in [0.15, 0.2) is 30.3 Å². The second kappa shape index (κ2) is 7.51. The lowest BCUT2D eigenvalue weighted by atomic mass is 10.1. The Morgan fingerprint density at radius 3 is 2.43 bits per heavy atom. The van der Waals surface area contributed by atoms with Crippen molar-refractivity contribution in [3.63, 3.8) is 0 Å². The van der Waals surface area contributed by atoms with Crippen molar-refractivity contribution in [2.75, 3.05) is 0 Å². The molecule has 0 aliphatic carbocycles. The minimum Gasteiger partial charge on any atom is -0.488 e. The second-order valence-corrected chi connectivity index (χ2v) is 5.94. The van der Waals surface area contributed by atoms with Crippen LogP contribution in [0.25, 0.3) is 0 Å². The monoisotopic (exact) mass is 332 g/mol. The van der Waals surface area contributed by atoms with Crippen LogP contribution >= 0.6 is 11.6 Å². The van der Waals surface area contributed by atoms with Crippen LogP contribution in [0, 0.1) is 20.8 Å². The Labute approximate surface area is 142 Å². The zero-order valence-corrected chi connectivity index (χ0v) is 14.7. The number of carbonyl (C=O) groups excluding carboxylic acids is 1. The molecule has 0 spiro atoms. The topological polar surface area (TPSA) is 35.5 Å². The highest BCUT2D eigenvalue weighted by Gasteiger charge is 2.13. The van der Waals surface area contributed by atoms with E-state index < -0.39 is 0 Å². The van der Waals surface area contributed by atoms with Crippen molar-refractivity contribution in [1.29, 1.82) is 0 Å². The average molecular weight is 333 g/mol. The fraction of sp³-hybridized carbons (Fsp3) is 0.316. The molecular formula is C19H21ClO3. The van der Waals surface area contributed by atoms with Crippen LogP contribution in [0.2, 0.25) is 5.02 Å². The maximum absolute atomic E-state index is 11.5. The quantitative estimate of drug-likeness (QED) is 0.560. The third kappa shape index (κ3) is 4.26. The molecule has 23 heavy (non-hydrogen) atoms. The molecule has 2 aromatic carbocycles. The third-order valence-corrected chi connectivity index (χ3v) is 4.11. The van der Waals surface area contributed by atoms with Gasteiger partial charge in [0.15, 0.2) is 0 Å². The number of aryl methyl sites for hydroxylation is 3. The van der Waals surface area contributed by atoms with Crippen LogP contribution in [0.5, 0.6) is 11.5 Å². The summed E-state index contributed by atoms with van der Waals surface area (Å²) in [5.74, 6) is 0.961. The number of carbonyl (C=O) groups is 1. The van der Waals surface area contributed by atoms with Crippen LogP contribution in [-0.2, 0) is 11.4 Å². The fourth-order valence-corrected chi connectivity index (χ4v) is 2.43. The van der Waals surface area contributed by atoms with Gasteiger partial charge in [-0.3, -0.25) is 4.79 Å². The first-order valence-corrected chi connectivity index (χ1v) is 7.99. The molecule has 0 radical (unpaired) electrons. The largest absolute Gasteiger partial charge is 0.488 e. The Morgan fingerprint density at radius 2 is 1.74 bits per heavy atom. The van der Waals surface area contributed by atoms with E-state index >= 15 is 0 Å². The molecule has 4 heteroatoms. The molecule has 3 nitrogen and oxygen atoms in total. The van der Waals surface area contributed by atoms with Crippen molar-refractivity contribution in [3.05, 3.63) is 57.6 Å². The van der Waals surface area contributed by atoms with Crippen LogP contribution in [-0.4, -0.2) is 5.97 Å². The SMILES string of the molecule is CCC(=O)Oc1cccc(Cl)c1COc1cc(C)c(C)cc1C. The van der Waals surface area contributed by atoms with E-state index in [1.54, 1.807) is 25.1 Å². The highest BCUT2D eigenvalue weighted by atomic mass is 35.5. The zero-order valence-electron chi connectivity index (χ0n) is 13.9. The molecule has 0 saturated carbocycles. The molecule has 0 aliphatic rings. The third-order valence-electron chi connectivity index (χ3n) is 3.75. The normalized spacial score (nSPS) is 10.5. The van der Waals surface area contributed by atoms with Gasteiger partial charge in [-0.05, 0) is 55.7 Å². The number of ether oxygens (including phenoxy) is 2. The van der Waals surface area contributed by atoms with Gasteiger partial charge < -0.3 is 9.47 Å². The summed E-state index contributed by atoms with van der Waals surface area (Å²) in [5, 5.41) is 0.521. The van der Waals surface area contributed by atoms with Gasteiger partial charge in [-0.15, -0.1) is 0 Å². The van der Waals surface area contributed by atoms with Crippen molar-refractivity contribution >= 4 is 17.6 Å². The minimum absolute atomic E-state index is 0.245. The molecule has 0 saturated heterocycles. The number of esters is 1. The molecule has 122 valence electrons. The maximum Gasteiger partial charge on any atom is 0.310 e. The Balaban J connectivity index is 2.23. The molecule has 0 heterocycles. The number of hydrogen-bond acceptors (Lipinski definition) is 3. The first kappa shape index (κ1) is 17.4. The van der Waals surface area contributed by atoms with Gasteiger partial charge in [0.2, 0.25) is 0 Å². The van der Waals surface area contributed by atoms with Gasteiger partial charge in [0.25, 0.3) is 0 Å². The van der Waals surface area contributed by atoms with Gasteiger partial charge in [-0.25, -0.2) is 0 Å². The lowest BCUT2D eigenvalue weighted by Crippen LogP contribution is -2.09. The van der Waals surface area contributed by atoms with Gasteiger partial charge in [-0.1, -0.05) is 30.7 Å². The van der Waals surface area contributed by atoms with Gasteiger partial charge in [0, 0.05) is 6.42 Å². The Hall–Kier alpha value is -2.00. The van der Waals surface area contributed by atoms with Crippen molar-refractivity contribution in [2.45, 2.75) is 40.7 Å². The molecule has 0 bridgehead atoms. The summed E-state index contributed by atoms with van der Waals surface area (Å²) < 4.78 is 11.3. The van der Waals surface area contributed by atoms with Crippen molar-refractivity contribution in [1.82, 2.24) is 0 Å². The van der Waals surface area contributed by atoms with Crippen LogP contribution < -0.4 is 9.47 Å². The minimum atomic E-state index is -0.295. The van der Waals surface area contributed by atoms with Crippen LogP contribution in [0.1, 0.15) is 35.6 Å². The van der Waals surface area contributed by atoms with E-state index in [9.17, 15) is 4.79 Å². The van der Waals surface area contributed by atoms with Crippen LogP contribution in [0.3, 0.4) is 0 Å². The summed E-state index contributed by atoms with van der Waals surface area (Å²) in [6.07, 6.45) is 0.309. The Morgan fingerprint density at radius 1 is 1.04 bits per heavy atom. The van der Waals surface area contributed by atoms with E-state index in [1.165, 1.54) is 11.1 Å². The molecule has 0 amide bonds. The molecule has 0 atom stereocenters. The van der Waals surface area contributed by atoms with Crippen molar-refractivity contribution in [2.24, 2.45) is 0 Å². The van der Waals surface area contributed by atoms with Gasteiger partial charge in [0.1, 0.15) is 18.1 Å². The molecule has 0 N–H and O–H groups in total. The standard InChI is InChI=1S/C19H21ClO3/c1-5-19(21)23-17-8-6-7-16(20)15(17)11-22-18-10-13(3)12(2)9-14(18)4/h6-10H,5,11H2,1-4H3. The highest BCUT2D eigenvalue weighted by Crippen LogP contribution is 2.30. The number of halogens is 1. The summed E-state index contributed by atoms with van der Waals surface area (Å²) >= 11 is 6.25. The maximum atomic E-state index is 11.5. The number of rotatable bonds is 5. The molecule has 2 rings (SSSR count). The first-order valence-electron chi connectivity index (χ1n) is 7.61. The Bertz CT molecular complexity index is 723. The summed E-state index contributed by atoms with van der Waals surface area (Å²) in [6, 6.07) is 9.35. The molecule has 0 aliphatic heterocycles. The Kier molecular flexibility index (Phi) is 5.67. The fourth-order valence-electron chi connectivity index (χ4n) is 2.21. The second-order valence-electron chi connectivity index (χ2n) is 5.53. The van der Waals surface area contributed by atoms with E-state index in [0.717, 1.165) is 11.3 Å². The smallest absolute Gasteiger partial charge is 0.310 e. The van der Waals surface area contributed by atoms with Gasteiger partial charge in [0.05, 0.1) is 10.6 Å². The molecular weight excluding hydrogens is 312 g/mol. The molecule has 2 aromatic rings. The predicted molar refractivity (Wildman–Crippen MR) is 92.4 cm³/mol. The highest BCUT2D eigenvalue weighted by molar-refractivity contribution is 6.31. The summed E-state index contributed by atoms with van der Waals surface area (Å²) in [6.45, 7) is 8.12. The van der Waals surface area contributed by atoms with Crippen LogP contribution in [0.4, 0.5) is 0 Å². The molecule has 0 aromatic heterocycles. The summed E-state index contributed by atoms with van der Waals surface area (Å²) in [7, 11) is 0. The van der Waals surface area contributed by atoms with E-state index in [0.29, 0.717) is 22.8 Å². The molecule has 0 fully saturated rings. The van der Waals surface area contributed by atoms with E-state index in [-0.39, 0.29) is 12.6 Å². The van der Waals surface area contributed by atoms with Crippen molar-refractivity contribution < 1.29 is 14.3 Å². The van der Waals surface area contributed by atoms with Gasteiger partial charge >= 0.3 is 5.97 Å². The van der Waals surface area contributed by atoms with Crippen molar-refractivity contribution in [3.8, 4) is 11.5 Å². The number of hydrogen-bond donors (Lipinski definition) is 0. The lowest BCUT2D eigenvalue weighted by molar-refractivity contribution is -0.134. The van der Waals surface area contributed by atoms with Gasteiger partial charge in [-0.2, -0.15) is 0 Å². The van der Waals surface area contributed by atoms with E-state index in [2.05, 4.69) is 13.0 Å². The predicted octanol–water partition coefficient (Wildman–Crippen LogP) is 5.16. The zero-order chi connectivity index (χ0) is 17.0. The average Bonchev–Trinajstić information content (AvgIpc) is 2.51. The van der Waals surface area contributed by atoms with E-state index in [1.807, 2.05) is 19.9 Å². The first-order chi connectivity index (χ1) is 10.9. The summed E-state index contributed by atoms with van der Waals surface area (Å²) in [5.41, 5.74) is 4.13. The van der Waals surface area contributed by atoms with E-state index in [4.69, 9.17) is 21.1 Å². The lowest BCUT2D eigenvalue weighted by Gasteiger charge is -2.15. The molecule has 0 unspecified atom stereocenters. The number of benzene rings is 2.